The summed E-state index contributed by atoms with van der Waals surface area (Å²) in [5.74, 6) is -0.427. The standard InChI is InChI=1S/C11H13FN2OS/c1-7(15)14-10-4-3-8(12)5-9(10)13-6-11(14,2)16/h3-5,13,16H,6H2,1-2H3/t11-/m0/s1. The van der Waals surface area contributed by atoms with E-state index in [1.165, 1.54) is 19.1 Å². The van der Waals surface area contributed by atoms with Crippen LogP contribution in [0, 0.1) is 5.82 Å². The number of carbonyl (C=O) groups excluding carboxylic acids is 1. The van der Waals surface area contributed by atoms with Crippen LogP contribution >= 0.6 is 12.6 Å². The molecule has 2 rings (SSSR count). The van der Waals surface area contributed by atoms with Crippen LogP contribution in [0.15, 0.2) is 18.2 Å². The minimum absolute atomic E-state index is 0.105. The van der Waals surface area contributed by atoms with Gasteiger partial charge in [0, 0.05) is 13.5 Å². The first-order valence-corrected chi connectivity index (χ1v) is 5.43. The molecule has 16 heavy (non-hydrogen) atoms. The summed E-state index contributed by atoms with van der Waals surface area (Å²) in [6.07, 6.45) is 0. The Balaban J connectivity index is 2.54. The molecule has 1 aliphatic rings. The van der Waals surface area contributed by atoms with Gasteiger partial charge in [0.25, 0.3) is 0 Å². The van der Waals surface area contributed by atoms with E-state index in [1.54, 1.807) is 11.0 Å². The number of hydrogen-bond acceptors (Lipinski definition) is 3. The summed E-state index contributed by atoms with van der Waals surface area (Å²) < 4.78 is 13.1. The summed E-state index contributed by atoms with van der Waals surface area (Å²) in [6, 6.07) is 4.31. The predicted octanol–water partition coefficient (Wildman–Crippen LogP) is 2.25. The van der Waals surface area contributed by atoms with Crippen LogP contribution < -0.4 is 10.2 Å². The van der Waals surface area contributed by atoms with E-state index in [4.69, 9.17) is 0 Å². The van der Waals surface area contributed by atoms with Gasteiger partial charge in [0.1, 0.15) is 10.7 Å². The molecule has 1 amide bonds. The van der Waals surface area contributed by atoms with Gasteiger partial charge in [0.15, 0.2) is 0 Å². The number of halogens is 1. The van der Waals surface area contributed by atoms with Gasteiger partial charge in [-0.15, -0.1) is 12.6 Å². The van der Waals surface area contributed by atoms with E-state index in [0.29, 0.717) is 17.9 Å². The number of rotatable bonds is 0. The van der Waals surface area contributed by atoms with Crippen LogP contribution in [-0.4, -0.2) is 17.3 Å². The molecule has 1 heterocycles. The van der Waals surface area contributed by atoms with Crippen molar-refractivity contribution in [2.75, 3.05) is 16.8 Å². The zero-order valence-electron chi connectivity index (χ0n) is 9.12. The summed E-state index contributed by atoms with van der Waals surface area (Å²) in [5.41, 5.74) is 1.29. The van der Waals surface area contributed by atoms with Crippen molar-refractivity contribution >= 4 is 29.9 Å². The number of hydrogen-bond donors (Lipinski definition) is 2. The van der Waals surface area contributed by atoms with E-state index >= 15 is 0 Å². The average molecular weight is 240 g/mol. The summed E-state index contributed by atoms with van der Waals surface area (Å²) in [6.45, 7) is 3.80. The third-order valence-corrected chi connectivity index (χ3v) is 2.97. The quantitative estimate of drug-likeness (QED) is 0.682. The summed E-state index contributed by atoms with van der Waals surface area (Å²) >= 11 is 4.45. The molecule has 0 aliphatic carbocycles. The van der Waals surface area contributed by atoms with Crippen LogP contribution in [0.25, 0.3) is 0 Å². The highest BCUT2D eigenvalue weighted by Gasteiger charge is 2.36. The summed E-state index contributed by atoms with van der Waals surface area (Å²) in [5, 5.41) is 3.07. The fraction of sp³-hybridized carbons (Fsp3) is 0.364. The average Bonchev–Trinajstić information content (AvgIpc) is 2.16. The molecule has 0 spiro atoms. The van der Waals surface area contributed by atoms with Gasteiger partial charge < -0.3 is 5.32 Å². The fourth-order valence-electron chi connectivity index (χ4n) is 1.95. The van der Waals surface area contributed by atoms with Gasteiger partial charge in [-0.1, -0.05) is 0 Å². The largest absolute Gasteiger partial charge is 0.380 e. The second-order valence-corrected chi connectivity index (χ2v) is 5.05. The smallest absolute Gasteiger partial charge is 0.225 e. The number of benzene rings is 1. The Morgan fingerprint density at radius 3 is 2.94 bits per heavy atom. The SMILES string of the molecule is CC(=O)N1c2ccc(F)cc2NC[C@]1(C)S. The molecule has 0 saturated heterocycles. The Labute approximate surface area is 99.0 Å². The second-order valence-electron chi connectivity index (χ2n) is 4.09. The van der Waals surface area contributed by atoms with Gasteiger partial charge in [-0.25, -0.2) is 4.39 Å². The molecular weight excluding hydrogens is 227 g/mol. The summed E-state index contributed by atoms with van der Waals surface area (Å²) in [4.78, 5) is 12.6. The molecular formula is C11H13FN2OS. The lowest BCUT2D eigenvalue weighted by Crippen LogP contribution is -2.52. The van der Waals surface area contributed by atoms with Crippen molar-refractivity contribution in [1.29, 1.82) is 0 Å². The van der Waals surface area contributed by atoms with E-state index in [2.05, 4.69) is 17.9 Å². The number of nitrogens with zero attached hydrogens (tertiary/aromatic N) is 1. The van der Waals surface area contributed by atoms with Crippen LogP contribution in [0.3, 0.4) is 0 Å². The Kier molecular flexibility index (Phi) is 2.58. The first kappa shape index (κ1) is 11.3. The molecule has 1 aromatic carbocycles. The van der Waals surface area contributed by atoms with E-state index in [0.717, 1.165) is 0 Å². The van der Waals surface area contributed by atoms with Gasteiger partial charge in [0.2, 0.25) is 5.91 Å². The molecule has 1 aromatic rings. The Hall–Kier alpha value is -1.23. The van der Waals surface area contributed by atoms with Crippen molar-refractivity contribution in [3.63, 3.8) is 0 Å². The molecule has 1 atom stereocenters. The van der Waals surface area contributed by atoms with Crippen LogP contribution in [0.5, 0.6) is 0 Å². The van der Waals surface area contributed by atoms with E-state index in [1.807, 2.05) is 6.92 Å². The third-order valence-electron chi connectivity index (χ3n) is 2.61. The minimum atomic E-state index is -0.601. The monoisotopic (exact) mass is 240 g/mol. The molecule has 5 heteroatoms. The normalized spacial score (nSPS) is 23.6. The molecule has 0 bridgehead atoms. The molecule has 1 aliphatic heterocycles. The first-order valence-electron chi connectivity index (χ1n) is 4.98. The van der Waals surface area contributed by atoms with Crippen molar-refractivity contribution < 1.29 is 9.18 Å². The maximum absolute atomic E-state index is 13.1. The molecule has 3 nitrogen and oxygen atoms in total. The molecule has 0 saturated carbocycles. The highest BCUT2D eigenvalue weighted by atomic mass is 32.1. The maximum Gasteiger partial charge on any atom is 0.225 e. The van der Waals surface area contributed by atoms with E-state index in [-0.39, 0.29) is 11.7 Å². The fourth-order valence-corrected chi connectivity index (χ4v) is 2.28. The van der Waals surface area contributed by atoms with Gasteiger partial charge in [-0.2, -0.15) is 0 Å². The zero-order chi connectivity index (χ0) is 11.9. The van der Waals surface area contributed by atoms with Crippen LogP contribution in [-0.2, 0) is 4.79 Å². The van der Waals surface area contributed by atoms with Gasteiger partial charge in [-0.05, 0) is 25.1 Å². The lowest BCUT2D eigenvalue weighted by atomic mass is 10.1. The van der Waals surface area contributed by atoms with E-state index < -0.39 is 4.87 Å². The van der Waals surface area contributed by atoms with Crippen LogP contribution in [0.1, 0.15) is 13.8 Å². The number of fused-ring (bicyclic) bond motifs is 1. The Morgan fingerprint density at radius 2 is 2.31 bits per heavy atom. The van der Waals surface area contributed by atoms with Crippen LogP contribution in [0.4, 0.5) is 15.8 Å². The number of thiol groups is 1. The topological polar surface area (TPSA) is 32.3 Å². The maximum atomic E-state index is 13.1. The van der Waals surface area contributed by atoms with Crippen molar-refractivity contribution in [3.05, 3.63) is 24.0 Å². The highest BCUT2D eigenvalue weighted by molar-refractivity contribution is 7.82. The second kappa shape index (κ2) is 3.66. The van der Waals surface area contributed by atoms with Crippen molar-refractivity contribution in [3.8, 4) is 0 Å². The minimum Gasteiger partial charge on any atom is -0.380 e. The zero-order valence-corrected chi connectivity index (χ0v) is 10.0. The molecule has 0 radical (unpaired) electrons. The Bertz CT molecular complexity index is 448. The molecule has 0 unspecified atom stereocenters. The summed E-state index contributed by atoms with van der Waals surface area (Å²) in [7, 11) is 0. The third kappa shape index (κ3) is 1.75. The van der Waals surface area contributed by atoms with Gasteiger partial charge in [-0.3, -0.25) is 9.69 Å². The molecule has 0 fully saturated rings. The number of carbonyl (C=O) groups is 1. The Morgan fingerprint density at radius 1 is 1.62 bits per heavy atom. The molecule has 0 aromatic heterocycles. The number of nitrogens with one attached hydrogen (secondary N) is 1. The van der Waals surface area contributed by atoms with Crippen molar-refractivity contribution in [1.82, 2.24) is 0 Å². The lowest BCUT2D eigenvalue weighted by Gasteiger charge is -2.42. The molecule has 1 N–H and O–H groups in total. The van der Waals surface area contributed by atoms with Gasteiger partial charge >= 0.3 is 0 Å². The highest BCUT2D eigenvalue weighted by Crippen LogP contribution is 2.38. The molecule has 86 valence electrons. The predicted molar refractivity (Wildman–Crippen MR) is 65.4 cm³/mol. The first-order chi connectivity index (χ1) is 7.42. The van der Waals surface area contributed by atoms with Crippen molar-refractivity contribution in [2.24, 2.45) is 0 Å². The van der Waals surface area contributed by atoms with Crippen molar-refractivity contribution in [2.45, 2.75) is 18.7 Å². The van der Waals surface area contributed by atoms with E-state index in [9.17, 15) is 9.18 Å². The van der Waals surface area contributed by atoms with Crippen LogP contribution in [0.2, 0.25) is 0 Å². The number of anilines is 2. The van der Waals surface area contributed by atoms with Gasteiger partial charge in [0.05, 0.1) is 11.4 Å². The lowest BCUT2D eigenvalue weighted by molar-refractivity contribution is -0.117. The number of amides is 1.